The van der Waals surface area contributed by atoms with Gasteiger partial charge in [0.15, 0.2) is 0 Å². The molecule has 0 aliphatic carbocycles. The van der Waals surface area contributed by atoms with Gasteiger partial charge in [0.25, 0.3) is 17.7 Å². The number of carbonyl (C=O) groups excluding carboxylic acids is 3. The largest absolute Gasteiger partial charge is 0.324 e. The number of H-pyrrole nitrogens is 3. The molecular formula is C85H76N20O3. The molecular weight excluding hydrogens is 1350 g/mol. The van der Waals surface area contributed by atoms with E-state index < -0.39 is 135 Å². The van der Waals surface area contributed by atoms with Crippen molar-refractivity contribution in [3.8, 4) is 50.8 Å². The Balaban J connectivity index is 0.000000169. The zero-order valence-corrected chi connectivity index (χ0v) is 58.6. The lowest BCUT2D eigenvalue weighted by molar-refractivity contribution is 0.101. The van der Waals surface area contributed by atoms with E-state index in [2.05, 4.69) is 85.8 Å². The minimum atomic E-state index is -2.65. The van der Waals surface area contributed by atoms with E-state index in [0.717, 1.165) is 28.1 Å². The van der Waals surface area contributed by atoms with E-state index in [1.807, 2.05) is 50.6 Å². The first-order valence-corrected chi connectivity index (χ1v) is 32.7. The van der Waals surface area contributed by atoms with E-state index in [1.54, 1.807) is 107 Å². The number of amides is 3. The molecule has 9 heterocycles. The van der Waals surface area contributed by atoms with Crippen LogP contribution in [0.3, 0.4) is 0 Å². The molecule has 0 saturated heterocycles. The van der Waals surface area contributed by atoms with Crippen molar-refractivity contribution in [2.24, 2.45) is 15.0 Å². The Kier molecular flexibility index (Phi) is 14.3. The first kappa shape index (κ1) is 47.0. The Morgan fingerprint density at radius 3 is 1.19 bits per heavy atom. The highest BCUT2D eigenvalue weighted by Gasteiger charge is 2.16. The number of pyridine rings is 3. The molecule has 0 bridgehead atoms. The summed E-state index contributed by atoms with van der Waals surface area (Å²) in [6.07, 6.45) is -1.06. The fourth-order valence-corrected chi connectivity index (χ4v) is 10.4. The summed E-state index contributed by atoms with van der Waals surface area (Å²) in [6, 6.07) is 26.4. The fraction of sp³-hybridized carbons (Fsp3) is 0.106. The van der Waals surface area contributed by atoms with Crippen molar-refractivity contribution in [3.05, 3.63) is 346 Å². The van der Waals surface area contributed by atoms with E-state index in [-0.39, 0.29) is 103 Å². The monoisotopic (exact) mass is 1450 g/mol. The van der Waals surface area contributed by atoms with Gasteiger partial charge in [0, 0.05) is 152 Å². The number of anilines is 3. The molecule has 0 unspecified atom stereocenters. The van der Waals surface area contributed by atoms with Gasteiger partial charge in [-0.05, 0) is 253 Å². The van der Waals surface area contributed by atoms with E-state index in [4.69, 9.17) is 34.3 Å². The van der Waals surface area contributed by atoms with Crippen LogP contribution in [0, 0.1) is 62.2 Å². The van der Waals surface area contributed by atoms with Gasteiger partial charge in [-0.25, -0.2) is 39.9 Å². The Hall–Kier alpha value is -14.5. The summed E-state index contributed by atoms with van der Waals surface area (Å²) in [5.74, 6) is -1.45. The van der Waals surface area contributed by atoms with Crippen LogP contribution in [0.4, 0.5) is 34.1 Å². The number of hydrogen-bond donors (Lipinski definition) is 6. The van der Waals surface area contributed by atoms with Crippen LogP contribution in [0.25, 0.3) is 50.8 Å². The summed E-state index contributed by atoms with van der Waals surface area (Å²) in [7, 11) is 0. The molecule has 0 spiro atoms. The first-order valence-electron chi connectivity index (χ1n) is 45.2. The van der Waals surface area contributed by atoms with Crippen LogP contribution >= 0.6 is 0 Å². The third kappa shape index (κ3) is 18.5. The SMILES string of the molecule is [2H]c1nc(=Nc2cc(C(=O)Nc3cc(C)cc(-n4c([2H])cc(C)c4[2H])c3)ccc2C)[nH]c(-c2c([2H])nc([2H])c([2H])c2[2H])c1[2H].[2H]c1nc(=Nc2cc(C(=O)Nc3cc(C)cc(-n4c([2H])nc(C)c4[2H])c3)ccc2C)[nH]c(-c2c([2H])nc([2H])c([2H])c2[2H])c1[2H].[2H]c1nc(=Nc2cc(C(=O)Nc3cc(C)cc(-n4cnc(C)c4)c3)ccc2C([2H])([2H])[2H])[nH]c(-c2c([2H])nc([2H])c([2H])c2[2H])c1[2H]. The molecule has 23 nitrogen and oxygen atoms in total. The zero-order chi connectivity index (χ0) is 96.9. The molecule has 15 rings (SSSR count). The van der Waals surface area contributed by atoms with Crippen LogP contribution in [-0.2, 0) is 0 Å². The van der Waals surface area contributed by atoms with Crippen LogP contribution in [0.15, 0.2) is 278 Å². The van der Waals surface area contributed by atoms with Crippen molar-refractivity contribution >= 4 is 51.8 Å². The molecule has 534 valence electrons. The van der Waals surface area contributed by atoms with Gasteiger partial charge in [-0.1, -0.05) is 18.2 Å². The van der Waals surface area contributed by atoms with Crippen molar-refractivity contribution in [1.29, 1.82) is 0 Å². The maximum absolute atomic E-state index is 13.3. The van der Waals surface area contributed by atoms with Crippen LogP contribution in [0.2, 0.25) is 0 Å². The number of rotatable bonds is 15. The first-order chi connectivity index (χ1) is 62.6. The topological polar surface area (TPSA) is 290 Å². The van der Waals surface area contributed by atoms with Gasteiger partial charge in [0.2, 0.25) is 16.9 Å². The van der Waals surface area contributed by atoms with Crippen LogP contribution in [0.5, 0.6) is 0 Å². The van der Waals surface area contributed by atoms with Gasteiger partial charge in [-0.15, -0.1) is 0 Å². The number of carbonyl (C=O) groups is 3. The summed E-state index contributed by atoms with van der Waals surface area (Å²) in [4.78, 5) is 92.3. The lowest BCUT2D eigenvalue weighted by atomic mass is 10.1. The summed E-state index contributed by atoms with van der Waals surface area (Å²) >= 11 is 0. The maximum atomic E-state index is 13.3. The highest BCUT2D eigenvalue weighted by molar-refractivity contribution is 6.06. The van der Waals surface area contributed by atoms with Gasteiger partial charge in [0.1, 0.15) is 1.37 Å². The molecule has 15 aromatic rings. The zero-order valence-electron chi connectivity index (χ0n) is 83.6. The van der Waals surface area contributed by atoms with Crippen LogP contribution < -0.4 is 32.8 Å². The average molecular weight is 1450 g/mol. The van der Waals surface area contributed by atoms with E-state index in [9.17, 15) is 14.4 Å². The van der Waals surface area contributed by atoms with Crippen molar-refractivity contribution in [1.82, 2.24) is 68.5 Å². The number of benzene rings is 6. The summed E-state index contributed by atoms with van der Waals surface area (Å²) in [6.45, 7) is 11.7. The second-order valence-electron chi connectivity index (χ2n) is 24.1. The number of hydrogen-bond acceptors (Lipinski definition) is 14. The fourth-order valence-electron chi connectivity index (χ4n) is 10.4. The van der Waals surface area contributed by atoms with E-state index >= 15 is 0 Å². The highest BCUT2D eigenvalue weighted by Crippen LogP contribution is 2.28. The lowest BCUT2D eigenvalue weighted by Crippen LogP contribution is -2.14. The molecule has 0 atom stereocenters. The number of aromatic nitrogens is 14. The summed E-state index contributed by atoms with van der Waals surface area (Å²) in [5, 5.41) is 8.52. The third-order valence-corrected chi connectivity index (χ3v) is 15.5. The molecule has 6 aromatic carbocycles. The number of imidazole rings is 2. The second-order valence-corrected chi connectivity index (χ2v) is 24.1. The average Bonchev–Trinajstić information content (AvgIpc) is 1.51. The van der Waals surface area contributed by atoms with E-state index in [1.165, 1.54) is 39.5 Å². The Bertz CT molecular complexity index is 7260. The molecule has 0 fully saturated rings. The highest BCUT2D eigenvalue weighted by atomic mass is 16.2. The van der Waals surface area contributed by atoms with Crippen LogP contribution in [0.1, 0.15) is 116 Å². The van der Waals surface area contributed by atoms with Crippen molar-refractivity contribution < 1.29 is 48.7 Å². The standard InChI is InChI=1S/C29H26N6O.2C28H25N7O/c1-19-9-12-35(18-19)25-14-20(2)13-24(16-25)32-28(36)22-7-6-21(3)27(15-22)34-29-31-11-8-26(33-29)23-5-4-10-30-17-23;2*1-18-11-23(14-24(12-18)35-16-20(3)31-17-35)32-27(36)21-7-6-19(2)26(13-21)34-28-30-10-8-25(33-28)22-5-4-9-29-15-22/h4-18H,1-3H3,(H,32,36)(H,31,33,34);2*4-17H,1-3H3,(H,32,36)(H,30,33,34)/i4D,5D,8D,10D,11D,12D,17D,18D;4D,5D,8D,9D,10D,15D,16D,17D;2D3,4D,5D,8D,9D,10D,15D. The third-order valence-electron chi connectivity index (χ3n) is 15.5. The quantitative estimate of drug-likeness (QED) is 0.0561. The van der Waals surface area contributed by atoms with Gasteiger partial charge in [0.05, 0.1) is 86.9 Å². The predicted octanol–water partition coefficient (Wildman–Crippen LogP) is 15.8. The Morgan fingerprint density at radius 2 is 0.815 bits per heavy atom. The number of aryl methyl sites for hydroxylation is 9. The Labute approximate surface area is 657 Å². The predicted molar refractivity (Wildman–Crippen MR) is 420 cm³/mol. The summed E-state index contributed by atoms with van der Waals surface area (Å²) < 4.78 is 207. The summed E-state index contributed by atoms with van der Waals surface area (Å²) in [5.41, 5.74) is 7.79. The number of aromatic amines is 3. The van der Waals surface area contributed by atoms with Gasteiger partial charge < -0.3 is 44.6 Å². The number of nitrogens with zero attached hydrogens (tertiary/aromatic N) is 14. The molecule has 23 heteroatoms. The van der Waals surface area contributed by atoms with Gasteiger partial charge in [-0.3, -0.25) is 29.3 Å². The Morgan fingerprint density at radius 1 is 0.407 bits per heavy atom. The number of nitrogens with one attached hydrogen (secondary N) is 6. The van der Waals surface area contributed by atoms with Gasteiger partial charge >= 0.3 is 0 Å². The molecule has 3 amide bonds. The molecule has 0 aliphatic heterocycles. The molecule has 108 heavy (non-hydrogen) atoms. The second kappa shape index (κ2) is 32.9. The van der Waals surface area contributed by atoms with Crippen molar-refractivity contribution in [2.45, 2.75) is 62.2 Å². The van der Waals surface area contributed by atoms with Crippen molar-refractivity contribution in [2.75, 3.05) is 16.0 Å². The smallest absolute Gasteiger partial charge is 0.255 e. The normalized spacial score (nSPS) is 14.9. The minimum absolute atomic E-state index is 0.0719. The molecule has 0 aliphatic rings. The molecule has 0 radical (unpaired) electrons. The van der Waals surface area contributed by atoms with Gasteiger partial charge in [-0.2, -0.15) is 0 Å². The lowest BCUT2D eigenvalue weighted by Gasteiger charge is -2.11. The maximum Gasteiger partial charge on any atom is 0.255 e. The molecule has 0 saturated carbocycles. The van der Waals surface area contributed by atoms with E-state index in [0.29, 0.717) is 62.2 Å². The molecule has 9 aromatic heterocycles. The van der Waals surface area contributed by atoms with Crippen molar-refractivity contribution in [3.63, 3.8) is 0 Å². The minimum Gasteiger partial charge on any atom is -0.324 e. The van der Waals surface area contributed by atoms with Crippen LogP contribution in [-0.4, -0.2) is 86.2 Å². The molecule has 6 N–H and O–H groups in total.